The van der Waals surface area contributed by atoms with Crippen LogP contribution in [0, 0.1) is 0 Å². The number of hydrogen-bond donors (Lipinski definition) is 0. The first-order valence-corrected chi connectivity index (χ1v) is 34.8. The van der Waals surface area contributed by atoms with Crippen LogP contribution < -0.4 is 0 Å². The predicted octanol–water partition coefficient (Wildman–Crippen LogP) is 21.0. The monoisotopic (exact) mass is 1130 g/mol. The summed E-state index contributed by atoms with van der Waals surface area (Å²) in [5.74, 6) is 0. The van der Waals surface area contributed by atoms with Crippen LogP contribution in [-0.4, -0.2) is 63.7 Å². The first kappa shape index (κ1) is 71.6. The van der Waals surface area contributed by atoms with E-state index in [1.807, 2.05) is 36.4 Å². The van der Waals surface area contributed by atoms with Gasteiger partial charge < -0.3 is 9.11 Å². The Morgan fingerprint density at radius 1 is 0.299 bits per heavy atom. The molecular formula is C68H110CaO6S2. The molecule has 0 aliphatic carbocycles. The van der Waals surface area contributed by atoms with E-state index in [9.17, 15) is 25.9 Å². The molecule has 77 heavy (non-hydrogen) atoms. The number of hydrogen-bond acceptors (Lipinski definition) is 6. The average Bonchev–Trinajstić information content (AvgIpc) is 3.40. The Morgan fingerprint density at radius 2 is 0.506 bits per heavy atom. The number of rotatable bonds is 46. The summed E-state index contributed by atoms with van der Waals surface area (Å²) >= 11 is 0. The zero-order chi connectivity index (χ0) is 55.0. The van der Waals surface area contributed by atoms with Gasteiger partial charge in [0.25, 0.3) is 0 Å². The smallest absolute Gasteiger partial charge is 0.744 e. The van der Waals surface area contributed by atoms with E-state index in [0.717, 1.165) is 84.4 Å². The first-order valence-electron chi connectivity index (χ1n) is 32.0. The Balaban J connectivity index is 0.000000520. The standard InChI is InChI=1S/2C34H56O3S.Ca/c2*1-3-5-7-9-11-13-15-17-19-21-25-30-29-31-26-23-24-28-33(31)34(38(35,36)37)32(30)27-22-20-18-16-14-12-10-8-6-4-2;/h2*23-24,26,28-29H,3-22,25,27H2,1-2H3,(H,35,36,37);/q;;+2/p-2. The summed E-state index contributed by atoms with van der Waals surface area (Å²) in [6.07, 6.45) is 53.5. The fraction of sp³-hybridized carbons (Fsp3) is 0.706. The molecule has 6 nitrogen and oxygen atoms in total. The topological polar surface area (TPSA) is 114 Å². The molecule has 0 aromatic heterocycles. The molecule has 0 bridgehead atoms. The van der Waals surface area contributed by atoms with Crippen LogP contribution in [0.2, 0.25) is 0 Å². The van der Waals surface area contributed by atoms with Gasteiger partial charge >= 0.3 is 37.7 Å². The Labute approximate surface area is 504 Å². The van der Waals surface area contributed by atoms with Crippen molar-refractivity contribution < 1.29 is 25.9 Å². The number of fused-ring (bicyclic) bond motifs is 2. The molecule has 0 N–H and O–H groups in total. The summed E-state index contributed by atoms with van der Waals surface area (Å²) in [5.41, 5.74) is 3.76. The normalized spacial score (nSPS) is 11.8. The van der Waals surface area contributed by atoms with Gasteiger partial charge in [-0.25, -0.2) is 16.8 Å². The molecule has 0 aliphatic heterocycles. The van der Waals surface area contributed by atoms with Crippen LogP contribution in [0.3, 0.4) is 0 Å². The van der Waals surface area contributed by atoms with Gasteiger partial charge in [0, 0.05) is 0 Å². The zero-order valence-corrected chi connectivity index (χ0v) is 53.7. The summed E-state index contributed by atoms with van der Waals surface area (Å²) in [7, 11) is -9.09. The van der Waals surface area contributed by atoms with Crippen molar-refractivity contribution in [1.82, 2.24) is 0 Å². The molecule has 9 heteroatoms. The summed E-state index contributed by atoms with van der Waals surface area (Å²) in [6, 6.07) is 19.3. The maximum absolute atomic E-state index is 12.5. The number of benzene rings is 4. The number of unbranched alkanes of at least 4 members (excludes halogenated alkanes) is 36. The molecule has 0 aliphatic rings. The third-order valence-corrected chi connectivity index (χ3v) is 18.0. The van der Waals surface area contributed by atoms with Gasteiger partial charge in [-0.1, -0.05) is 320 Å². The van der Waals surface area contributed by atoms with Crippen molar-refractivity contribution in [2.24, 2.45) is 0 Å². The van der Waals surface area contributed by atoms with E-state index >= 15 is 0 Å². The quantitative estimate of drug-likeness (QED) is 0.0247. The summed E-state index contributed by atoms with van der Waals surface area (Å²) in [4.78, 5) is 0.0993. The van der Waals surface area contributed by atoms with E-state index in [1.165, 1.54) is 218 Å². The fourth-order valence-electron chi connectivity index (χ4n) is 11.6. The molecule has 4 aromatic carbocycles. The molecule has 0 fully saturated rings. The van der Waals surface area contributed by atoms with Crippen LogP contribution in [-0.2, 0) is 45.9 Å². The molecule has 432 valence electrons. The van der Waals surface area contributed by atoms with Crippen LogP contribution in [0.1, 0.15) is 307 Å². The van der Waals surface area contributed by atoms with Gasteiger partial charge in [0.15, 0.2) is 0 Å². The average molecular weight is 1130 g/mol. The van der Waals surface area contributed by atoms with E-state index in [-0.39, 0.29) is 47.5 Å². The molecule has 0 atom stereocenters. The number of aryl methyl sites for hydroxylation is 2. The molecule has 0 unspecified atom stereocenters. The van der Waals surface area contributed by atoms with Gasteiger partial charge in [0.1, 0.15) is 20.2 Å². The third kappa shape index (κ3) is 30.9. The molecule has 0 heterocycles. The maximum Gasteiger partial charge on any atom is 2.00 e. The summed E-state index contributed by atoms with van der Waals surface area (Å²) < 4.78 is 74.9. The van der Waals surface area contributed by atoms with Crippen molar-refractivity contribution in [2.45, 2.75) is 320 Å². The Kier molecular flexibility index (Phi) is 41.9. The maximum atomic E-state index is 12.5. The molecule has 4 rings (SSSR count). The van der Waals surface area contributed by atoms with Crippen LogP contribution in [0.4, 0.5) is 0 Å². The van der Waals surface area contributed by atoms with E-state index in [2.05, 4.69) is 39.8 Å². The van der Waals surface area contributed by atoms with E-state index in [0.29, 0.717) is 23.6 Å². The third-order valence-electron chi connectivity index (χ3n) is 16.1. The van der Waals surface area contributed by atoms with E-state index < -0.39 is 20.2 Å². The molecular weight excluding hydrogens is 1020 g/mol. The molecule has 4 aromatic rings. The van der Waals surface area contributed by atoms with Gasteiger partial charge in [-0.15, -0.1) is 0 Å². The SMILES string of the molecule is CCCCCCCCCCCCc1cc2ccccc2c(S(=O)(=O)[O-])c1CCCCCCCCCCCC.CCCCCCCCCCCCc1cc2ccccc2c(S(=O)(=O)[O-])c1CCCCCCCCCCCC.[Ca+2]. The van der Waals surface area contributed by atoms with Crippen LogP contribution >= 0.6 is 0 Å². The Morgan fingerprint density at radius 3 is 0.740 bits per heavy atom. The van der Waals surface area contributed by atoms with Gasteiger partial charge in [-0.2, -0.15) is 0 Å². The Hall–Kier alpha value is -1.52. The largest absolute Gasteiger partial charge is 2.00 e. The predicted molar refractivity (Wildman–Crippen MR) is 332 cm³/mol. The second-order valence-electron chi connectivity index (χ2n) is 22.8. The molecule has 0 radical (unpaired) electrons. The van der Waals surface area contributed by atoms with Crippen LogP contribution in [0.15, 0.2) is 70.5 Å². The second kappa shape index (κ2) is 45.1. The van der Waals surface area contributed by atoms with Crippen molar-refractivity contribution in [3.05, 3.63) is 82.9 Å². The summed E-state index contributed by atoms with van der Waals surface area (Å²) in [5, 5.41) is 2.93. The molecule has 0 amide bonds. The zero-order valence-electron chi connectivity index (χ0n) is 49.9. The van der Waals surface area contributed by atoms with Gasteiger partial charge in [-0.3, -0.25) is 0 Å². The second-order valence-corrected chi connectivity index (χ2v) is 25.4. The van der Waals surface area contributed by atoms with Crippen molar-refractivity contribution in [3.63, 3.8) is 0 Å². The minimum absolute atomic E-state index is 0. The first-order chi connectivity index (χ1) is 37.0. The van der Waals surface area contributed by atoms with Gasteiger partial charge in [0.2, 0.25) is 0 Å². The van der Waals surface area contributed by atoms with Crippen molar-refractivity contribution in [2.75, 3.05) is 0 Å². The van der Waals surface area contributed by atoms with Crippen LogP contribution in [0.25, 0.3) is 21.5 Å². The fourth-order valence-corrected chi connectivity index (χ4v) is 13.6. The Bertz CT molecular complexity index is 2160. The minimum atomic E-state index is -4.55. The molecule has 0 spiro atoms. The van der Waals surface area contributed by atoms with E-state index in [4.69, 9.17) is 0 Å². The van der Waals surface area contributed by atoms with Crippen molar-refractivity contribution >= 4 is 79.5 Å². The van der Waals surface area contributed by atoms with Crippen LogP contribution in [0.5, 0.6) is 0 Å². The van der Waals surface area contributed by atoms with E-state index in [1.54, 1.807) is 12.1 Å². The summed E-state index contributed by atoms with van der Waals surface area (Å²) in [6.45, 7) is 9.02. The van der Waals surface area contributed by atoms with Crippen molar-refractivity contribution in [3.8, 4) is 0 Å². The minimum Gasteiger partial charge on any atom is -0.744 e. The van der Waals surface area contributed by atoms with Gasteiger partial charge in [0.05, 0.1) is 9.79 Å². The van der Waals surface area contributed by atoms with Gasteiger partial charge in [-0.05, 0) is 95.2 Å². The molecule has 0 saturated heterocycles. The van der Waals surface area contributed by atoms with Crippen molar-refractivity contribution in [1.29, 1.82) is 0 Å². The molecule has 0 saturated carbocycles.